The molecular weight excluding hydrogens is 434 g/mol. The molecular formula is C23H24ClN3O3S. The summed E-state index contributed by atoms with van der Waals surface area (Å²) >= 11 is 11.4. The first-order valence-corrected chi connectivity index (χ1v) is 10.6. The summed E-state index contributed by atoms with van der Waals surface area (Å²) in [6, 6.07) is 13.9. The van der Waals surface area contributed by atoms with Crippen LogP contribution in [0.2, 0.25) is 5.02 Å². The lowest BCUT2D eigenvalue weighted by Crippen LogP contribution is -2.39. The monoisotopic (exact) mass is 457 g/mol. The minimum atomic E-state index is -0.655. The van der Waals surface area contributed by atoms with Crippen LogP contribution < -0.4 is 10.1 Å². The highest BCUT2D eigenvalue weighted by Crippen LogP contribution is 2.23. The van der Waals surface area contributed by atoms with Gasteiger partial charge in [0, 0.05) is 23.8 Å². The highest BCUT2D eigenvalue weighted by Gasteiger charge is 2.42. The van der Waals surface area contributed by atoms with Crippen molar-refractivity contribution in [1.29, 1.82) is 0 Å². The Morgan fingerprint density at radius 2 is 1.90 bits per heavy atom. The van der Waals surface area contributed by atoms with E-state index in [-0.39, 0.29) is 18.2 Å². The standard InChI is InChI=1S/C23H24ClN3O3S/c1-3-13-27-22(29)20(15-21(28)25-18-8-6-17(24)7-9-18)26(23(27)31)14-12-16-4-10-19(30-2)11-5-16/h3-11,20H,1,12-15H2,2H3,(H,25,28)/t20-/m0/s1. The van der Waals surface area contributed by atoms with Gasteiger partial charge in [0.15, 0.2) is 5.11 Å². The molecule has 0 radical (unpaired) electrons. The molecule has 0 aliphatic carbocycles. The molecule has 0 aromatic heterocycles. The molecule has 1 aliphatic heterocycles. The molecule has 31 heavy (non-hydrogen) atoms. The molecule has 162 valence electrons. The molecule has 2 aromatic rings. The van der Waals surface area contributed by atoms with E-state index < -0.39 is 6.04 Å². The summed E-state index contributed by atoms with van der Waals surface area (Å²) in [5, 5.41) is 3.81. The van der Waals surface area contributed by atoms with E-state index in [0.29, 0.717) is 35.3 Å². The summed E-state index contributed by atoms with van der Waals surface area (Å²) in [6.07, 6.45) is 2.30. The van der Waals surface area contributed by atoms with Crippen molar-refractivity contribution < 1.29 is 14.3 Å². The highest BCUT2D eigenvalue weighted by molar-refractivity contribution is 7.80. The molecule has 0 saturated carbocycles. The maximum Gasteiger partial charge on any atom is 0.252 e. The summed E-state index contributed by atoms with van der Waals surface area (Å²) in [5.41, 5.74) is 1.71. The van der Waals surface area contributed by atoms with Crippen molar-refractivity contribution in [3.05, 3.63) is 71.8 Å². The quantitative estimate of drug-likeness (QED) is 0.457. The summed E-state index contributed by atoms with van der Waals surface area (Å²) in [6.45, 7) is 4.53. The van der Waals surface area contributed by atoms with Gasteiger partial charge in [0.1, 0.15) is 11.8 Å². The second-order valence-corrected chi connectivity index (χ2v) is 7.89. The fourth-order valence-corrected chi connectivity index (χ4v) is 3.91. The van der Waals surface area contributed by atoms with E-state index in [1.807, 2.05) is 29.2 Å². The number of anilines is 1. The molecule has 0 spiro atoms. The predicted molar refractivity (Wildman–Crippen MR) is 126 cm³/mol. The number of rotatable bonds is 9. The molecule has 2 amide bonds. The van der Waals surface area contributed by atoms with Crippen molar-refractivity contribution in [2.24, 2.45) is 0 Å². The summed E-state index contributed by atoms with van der Waals surface area (Å²) in [4.78, 5) is 28.9. The van der Waals surface area contributed by atoms with Crippen LogP contribution in [0.15, 0.2) is 61.2 Å². The molecule has 2 aromatic carbocycles. The van der Waals surface area contributed by atoms with Crippen LogP contribution in [-0.4, -0.2) is 53.0 Å². The number of hydrogen-bond acceptors (Lipinski definition) is 4. The third kappa shape index (κ3) is 5.62. The van der Waals surface area contributed by atoms with Gasteiger partial charge in [-0.1, -0.05) is 29.8 Å². The van der Waals surface area contributed by atoms with Crippen molar-refractivity contribution in [1.82, 2.24) is 9.80 Å². The summed E-state index contributed by atoms with van der Waals surface area (Å²) in [7, 11) is 1.62. The Morgan fingerprint density at radius 1 is 1.23 bits per heavy atom. The van der Waals surface area contributed by atoms with Gasteiger partial charge in [-0.3, -0.25) is 14.5 Å². The largest absolute Gasteiger partial charge is 0.497 e. The Labute approximate surface area is 192 Å². The van der Waals surface area contributed by atoms with Crippen LogP contribution >= 0.6 is 23.8 Å². The smallest absolute Gasteiger partial charge is 0.252 e. The summed E-state index contributed by atoms with van der Waals surface area (Å²) in [5.74, 6) is 0.328. The van der Waals surface area contributed by atoms with E-state index in [2.05, 4.69) is 11.9 Å². The van der Waals surface area contributed by atoms with Crippen molar-refractivity contribution in [3.63, 3.8) is 0 Å². The van der Waals surface area contributed by atoms with Gasteiger partial charge in [0.25, 0.3) is 5.91 Å². The number of methoxy groups -OCH3 is 1. The second kappa shape index (κ2) is 10.4. The Balaban J connectivity index is 1.71. The molecule has 1 heterocycles. The molecule has 1 atom stereocenters. The fraction of sp³-hybridized carbons (Fsp3) is 0.261. The van der Waals surface area contributed by atoms with Crippen LogP contribution in [0.4, 0.5) is 5.69 Å². The fourth-order valence-electron chi connectivity index (χ4n) is 3.40. The van der Waals surface area contributed by atoms with Crippen LogP contribution in [0, 0.1) is 0 Å². The van der Waals surface area contributed by atoms with E-state index >= 15 is 0 Å². The Bertz CT molecular complexity index is 963. The average molecular weight is 458 g/mol. The highest BCUT2D eigenvalue weighted by atomic mass is 35.5. The van der Waals surface area contributed by atoms with Crippen molar-refractivity contribution in [3.8, 4) is 5.75 Å². The molecule has 1 saturated heterocycles. The zero-order valence-corrected chi connectivity index (χ0v) is 18.8. The molecule has 6 nitrogen and oxygen atoms in total. The van der Waals surface area contributed by atoms with Gasteiger partial charge in [0.05, 0.1) is 13.5 Å². The van der Waals surface area contributed by atoms with E-state index in [1.165, 1.54) is 4.90 Å². The van der Waals surface area contributed by atoms with Crippen LogP contribution in [0.1, 0.15) is 12.0 Å². The maximum absolute atomic E-state index is 13.0. The lowest BCUT2D eigenvalue weighted by molar-refractivity contribution is -0.130. The first-order valence-electron chi connectivity index (χ1n) is 9.84. The van der Waals surface area contributed by atoms with Crippen molar-refractivity contribution in [2.45, 2.75) is 18.9 Å². The number of ether oxygens (including phenoxy) is 1. The minimum Gasteiger partial charge on any atom is -0.497 e. The van der Waals surface area contributed by atoms with Crippen LogP contribution in [0.25, 0.3) is 0 Å². The number of nitrogens with one attached hydrogen (secondary N) is 1. The Hall–Kier alpha value is -2.90. The van der Waals surface area contributed by atoms with Crippen LogP contribution in [0.5, 0.6) is 5.75 Å². The molecule has 8 heteroatoms. The van der Waals surface area contributed by atoms with E-state index in [4.69, 9.17) is 28.6 Å². The third-order valence-electron chi connectivity index (χ3n) is 5.02. The summed E-state index contributed by atoms with van der Waals surface area (Å²) < 4.78 is 5.19. The zero-order chi connectivity index (χ0) is 22.4. The first kappa shape index (κ1) is 22.8. The first-order chi connectivity index (χ1) is 14.9. The SMILES string of the molecule is C=CCN1C(=O)[C@H](CC(=O)Nc2ccc(Cl)cc2)N(CCc2ccc(OC)cc2)C1=S. The third-order valence-corrected chi connectivity index (χ3v) is 5.73. The van der Waals surface area contributed by atoms with Crippen molar-refractivity contribution >= 4 is 46.4 Å². The van der Waals surface area contributed by atoms with Crippen LogP contribution in [-0.2, 0) is 16.0 Å². The van der Waals surface area contributed by atoms with Gasteiger partial charge < -0.3 is 15.0 Å². The van der Waals surface area contributed by atoms with E-state index in [1.54, 1.807) is 37.5 Å². The van der Waals surface area contributed by atoms with E-state index in [0.717, 1.165) is 11.3 Å². The lowest BCUT2D eigenvalue weighted by atomic mass is 10.1. The van der Waals surface area contributed by atoms with Gasteiger partial charge in [-0.05, 0) is 60.6 Å². The van der Waals surface area contributed by atoms with Gasteiger partial charge in [0.2, 0.25) is 5.91 Å². The van der Waals surface area contributed by atoms with Crippen LogP contribution in [0.3, 0.4) is 0 Å². The normalized spacial score (nSPS) is 15.9. The molecule has 1 N–H and O–H groups in total. The average Bonchev–Trinajstić information content (AvgIpc) is 2.98. The minimum absolute atomic E-state index is 0.00213. The Morgan fingerprint density at radius 3 is 2.52 bits per heavy atom. The zero-order valence-electron chi connectivity index (χ0n) is 17.2. The number of halogens is 1. The molecule has 1 aliphatic rings. The number of carbonyl (C=O) groups excluding carboxylic acids is 2. The molecule has 0 bridgehead atoms. The molecule has 0 unspecified atom stereocenters. The number of carbonyl (C=O) groups is 2. The Kier molecular flexibility index (Phi) is 7.65. The molecule has 3 rings (SSSR count). The van der Waals surface area contributed by atoms with E-state index in [9.17, 15) is 9.59 Å². The topological polar surface area (TPSA) is 61.9 Å². The van der Waals surface area contributed by atoms with Crippen molar-refractivity contribution in [2.75, 3.05) is 25.5 Å². The molecule has 1 fully saturated rings. The van der Waals surface area contributed by atoms with Gasteiger partial charge >= 0.3 is 0 Å². The van der Waals surface area contributed by atoms with Gasteiger partial charge in [-0.2, -0.15) is 0 Å². The lowest BCUT2D eigenvalue weighted by Gasteiger charge is -2.24. The maximum atomic E-state index is 13.0. The second-order valence-electron chi connectivity index (χ2n) is 7.09. The predicted octanol–water partition coefficient (Wildman–Crippen LogP) is 3.90. The number of nitrogens with zero attached hydrogens (tertiary/aromatic N) is 2. The number of hydrogen-bond donors (Lipinski definition) is 1. The number of benzene rings is 2. The van der Waals surface area contributed by atoms with Gasteiger partial charge in [-0.15, -0.1) is 6.58 Å². The van der Waals surface area contributed by atoms with Gasteiger partial charge in [-0.25, -0.2) is 0 Å². The number of amides is 2. The number of thiocarbonyl (C=S) groups is 1.